The molecule has 312 valence electrons. The fraction of sp³-hybridized carbons (Fsp3) is 0.711. The SMILES string of the molecule is CC/C=C\C/C=C\C/C=C\C/C=C\C/C=C\CCOCC(COP(=O)(O)OCC[N+](C)(C)C)OC(=O)CCCCCCC/C=C\CCCCCCCCC. The minimum absolute atomic E-state index is 0.0705. The van der Waals surface area contributed by atoms with Gasteiger partial charge in [-0.1, -0.05) is 145 Å². The molecule has 8 nitrogen and oxygen atoms in total. The van der Waals surface area contributed by atoms with Crippen molar-refractivity contribution in [3.63, 3.8) is 0 Å². The van der Waals surface area contributed by atoms with Gasteiger partial charge >= 0.3 is 13.8 Å². The van der Waals surface area contributed by atoms with Gasteiger partial charge in [-0.2, -0.15) is 0 Å². The van der Waals surface area contributed by atoms with Crippen LogP contribution in [0.5, 0.6) is 0 Å². The number of rotatable bonds is 38. The van der Waals surface area contributed by atoms with E-state index in [-0.39, 0.29) is 25.8 Å². The maximum Gasteiger partial charge on any atom is 0.472 e. The Morgan fingerprint density at radius 1 is 0.593 bits per heavy atom. The van der Waals surface area contributed by atoms with Gasteiger partial charge in [0, 0.05) is 6.42 Å². The van der Waals surface area contributed by atoms with Gasteiger partial charge in [-0.25, -0.2) is 4.57 Å². The molecule has 0 radical (unpaired) electrons. The average molecular weight is 779 g/mol. The number of likely N-dealkylation sites (N-methyl/N-ethyl adjacent to an activating group) is 1. The zero-order valence-electron chi connectivity index (χ0n) is 35.2. The molecule has 9 heteroatoms. The van der Waals surface area contributed by atoms with Crippen molar-refractivity contribution in [3.8, 4) is 0 Å². The normalized spacial score (nSPS) is 14.6. The molecule has 54 heavy (non-hydrogen) atoms. The molecular formula is C45H81NO7P+. The Kier molecular flexibility index (Phi) is 36.4. The number of phosphoric ester groups is 1. The van der Waals surface area contributed by atoms with Gasteiger partial charge in [-0.05, 0) is 70.6 Å². The number of unbranched alkanes of at least 4 members (excludes halogenated alkanes) is 12. The Bertz CT molecular complexity index is 1090. The highest BCUT2D eigenvalue weighted by atomic mass is 31.2. The van der Waals surface area contributed by atoms with Gasteiger partial charge in [-0.3, -0.25) is 13.8 Å². The van der Waals surface area contributed by atoms with Crippen molar-refractivity contribution >= 4 is 13.8 Å². The molecule has 0 spiro atoms. The van der Waals surface area contributed by atoms with Crippen molar-refractivity contribution in [2.75, 3.05) is 54.1 Å². The molecule has 0 rings (SSSR count). The summed E-state index contributed by atoms with van der Waals surface area (Å²) in [5.74, 6) is -0.350. The number of carbonyl (C=O) groups excluding carboxylic acids is 1. The predicted molar refractivity (Wildman–Crippen MR) is 228 cm³/mol. The molecule has 0 aliphatic carbocycles. The van der Waals surface area contributed by atoms with Crippen LogP contribution in [-0.2, 0) is 27.9 Å². The summed E-state index contributed by atoms with van der Waals surface area (Å²) >= 11 is 0. The number of hydrogen-bond acceptors (Lipinski definition) is 6. The first-order valence-electron chi connectivity index (χ1n) is 21.2. The Balaban J connectivity index is 4.40. The summed E-state index contributed by atoms with van der Waals surface area (Å²) in [5.41, 5.74) is 0. The summed E-state index contributed by atoms with van der Waals surface area (Å²) in [6, 6.07) is 0. The summed E-state index contributed by atoms with van der Waals surface area (Å²) in [4.78, 5) is 22.8. The zero-order valence-corrected chi connectivity index (χ0v) is 36.1. The lowest BCUT2D eigenvalue weighted by Crippen LogP contribution is -2.37. The molecule has 2 unspecified atom stereocenters. The van der Waals surface area contributed by atoms with E-state index in [0.717, 1.165) is 64.2 Å². The van der Waals surface area contributed by atoms with Crippen molar-refractivity contribution in [1.82, 2.24) is 0 Å². The summed E-state index contributed by atoms with van der Waals surface area (Å²) in [6.45, 7) is 5.24. The van der Waals surface area contributed by atoms with E-state index in [1.54, 1.807) is 0 Å². The van der Waals surface area contributed by atoms with Gasteiger partial charge in [0.1, 0.15) is 19.3 Å². The number of ether oxygens (including phenoxy) is 2. The van der Waals surface area contributed by atoms with Gasteiger partial charge in [0.25, 0.3) is 0 Å². The molecule has 0 aromatic carbocycles. The topological polar surface area (TPSA) is 91.3 Å². The van der Waals surface area contributed by atoms with Gasteiger partial charge in [0.2, 0.25) is 0 Å². The minimum atomic E-state index is -4.30. The summed E-state index contributed by atoms with van der Waals surface area (Å²) < 4.78 is 34.8. The second-order valence-corrected chi connectivity index (χ2v) is 16.4. The van der Waals surface area contributed by atoms with E-state index >= 15 is 0 Å². The number of esters is 1. The Hall–Kier alpha value is -2.06. The number of carbonyl (C=O) groups is 1. The van der Waals surface area contributed by atoms with Crippen molar-refractivity contribution in [2.24, 2.45) is 0 Å². The molecule has 0 fully saturated rings. The molecule has 0 heterocycles. The van der Waals surface area contributed by atoms with Crippen molar-refractivity contribution < 1.29 is 37.3 Å². The molecule has 0 saturated carbocycles. The Labute approximate surface area is 332 Å². The van der Waals surface area contributed by atoms with Crippen LogP contribution in [0.2, 0.25) is 0 Å². The molecule has 0 amide bonds. The van der Waals surface area contributed by atoms with E-state index in [9.17, 15) is 14.3 Å². The average Bonchev–Trinajstić information content (AvgIpc) is 3.12. The van der Waals surface area contributed by atoms with Gasteiger partial charge in [0.05, 0.1) is 41.0 Å². The van der Waals surface area contributed by atoms with E-state index in [2.05, 4.69) is 86.8 Å². The third kappa shape index (κ3) is 41.1. The lowest BCUT2D eigenvalue weighted by atomic mass is 10.1. The number of allylic oxidation sites excluding steroid dienone is 11. The zero-order chi connectivity index (χ0) is 39.9. The van der Waals surface area contributed by atoms with Crippen LogP contribution in [0.1, 0.15) is 149 Å². The van der Waals surface area contributed by atoms with E-state index in [1.165, 1.54) is 57.8 Å². The van der Waals surface area contributed by atoms with Crippen LogP contribution in [0.3, 0.4) is 0 Å². The predicted octanol–water partition coefficient (Wildman–Crippen LogP) is 12.3. The van der Waals surface area contributed by atoms with Crippen LogP contribution >= 0.6 is 7.82 Å². The lowest BCUT2D eigenvalue weighted by molar-refractivity contribution is -0.870. The van der Waals surface area contributed by atoms with Gasteiger partial charge < -0.3 is 18.9 Å². The first-order valence-corrected chi connectivity index (χ1v) is 22.7. The first kappa shape index (κ1) is 51.9. The quantitative estimate of drug-likeness (QED) is 0.0219. The third-order valence-corrected chi connectivity index (χ3v) is 9.51. The van der Waals surface area contributed by atoms with E-state index in [4.69, 9.17) is 18.5 Å². The van der Waals surface area contributed by atoms with Gasteiger partial charge in [-0.15, -0.1) is 0 Å². The highest BCUT2D eigenvalue weighted by molar-refractivity contribution is 7.47. The maximum absolute atomic E-state index is 12.7. The monoisotopic (exact) mass is 779 g/mol. The van der Waals surface area contributed by atoms with Gasteiger partial charge in [0.15, 0.2) is 0 Å². The summed E-state index contributed by atoms with van der Waals surface area (Å²) in [7, 11) is 1.61. The van der Waals surface area contributed by atoms with Crippen LogP contribution in [0.15, 0.2) is 72.9 Å². The number of phosphoric acid groups is 1. The molecule has 0 aliphatic heterocycles. The summed E-state index contributed by atoms with van der Waals surface area (Å²) in [6.07, 6.45) is 48.2. The fourth-order valence-electron chi connectivity index (χ4n) is 5.26. The smallest absolute Gasteiger partial charge is 0.457 e. The highest BCUT2D eigenvalue weighted by Crippen LogP contribution is 2.43. The van der Waals surface area contributed by atoms with Crippen LogP contribution in [0.25, 0.3) is 0 Å². The summed E-state index contributed by atoms with van der Waals surface area (Å²) in [5, 5.41) is 0. The fourth-order valence-corrected chi connectivity index (χ4v) is 6.00. The Morgan fingerprint density at radius 3 is 1.61 bits per heavy atom. The van der Waals surface area contributed by atoms with Crippen LogP contribution in [-0.4, -0.2) is 75.6 Å². The van der Waals surface area contributed by atoms with Crippen LogP contribution < -0.4 is 0 Å². The van der Waals surface area contributed by atoms with Crippen LogP contribution in [0.4, 0.5) is 0 Å². The second-order valence-electron chi connectivity index (χ2n) is 15.0. The highest BCUT2D eigenvalue weighted by Gasteiger charge is 2.26. The number of quaternary nitrogens is 1. The molecule has 0 bridgehead atoms. The van der Waals surface area contributed by atoms with E-state index < -0.39 is 13.9 Å². The lowest BCUT2D eigenvalue weighted by Gasteiger charge is -2.24. The molecule has 2 atom stereocenters. The van der Waals surface area contributed by atoms with E-state index in [0.29, 0.717) is 30.5 Å². The number of hydrogen-bond donors (Lipinski definition) is 1. The largest absolute Gasteiger partial charge is 0.472 e. The number of nitrogens with zero attached hydrogens (tertiary/aromatic N) is 1. The van der Waals surface area contributed by atoms with Crippen LogP contribution in [0, 0.1) is 0 Å². The maximum atomic E-state index is 12.7. The first-order chi connectivity index (χ1) is 26.1. The molecule has 0 aliphatic rings. The van der Waals surface area contributed by atoms with Crippen molar-refractivity contribution in [2.45, 2.75) is 155 Å². The molecule has 0 aromatic heterocycles. The molecular weight excluding hydrogens is 697 g/mol. The van der Waals surface area contributed by atoms with E-state index in [1.807, 2.05) is 21.1 Å². The standard InChI is InChI=1S/C45H80NO7P/c1-6-8-10-12-14-16-18-20-22-24-26-28-30-32-34-36-38-45(47)53-44(43-52-54(48,49)51-41-39-46(3,4)5)42-50-40-37-35-33-31-29-27-25-23-21-19-17-15-13-11-9-7-2/h9,11,15,17,21-24,27,29,33,35,44H,6-8,10,12-14,16,18-20,25-26,28,30-32,34,36-43H2,1-5H3/p+1/b11-9-,17-15-,23-21-,24-22-,29-27-,35-33-. The minimum Gasteiger partial charge on any atom is -0.457 e. The molecule has 0 saturated heterocycles. The van der Waals surface area contributed by atoms with Crippen molar-refractivity contribution in [3.05, 3.63) is 72.9 Å². The molecule has 1 N–H and O–H groups in total. The molecule has 0 aromatic rings. The second kappa shape index (κ2) is 37.8. The Morgan fingerprint density at radius 2 is 1.07 bits per heavy atom. The third-order valence-electron chi connectivity index (χ3n) is 8.52. The van der Waals surface area contributed by atoms with Crippen molar-refractivity contribution in [1.29, 1.82) is 0 Å².